The average Bonchev–Trinajstić information content (AvgIpc) is 3.07. The van der Waals surface area contributed by atoms with Gasteiger partial charge < -0.3 is 19.7 Å². The Morgan fingerprint density at radius 2 is 2.08 bits per heavy atom. The third kappa shape index (κ3) is 2.39. The molecule has 0 radical (unpaired) electrons. The molecule has 0 spiro atoms. The van der Waals surface area contributed by atoms with E-state index in [1.807, 2.05) is 30.0 Å². The second kappa shape index (κ2) is 5.98. The van der Waals surface area contributed by atoms with E-state index in [1.165, 1.54) is 4.90 Å². The summed E-state index contributed by atoms with van der Waals surface area (Å²) in [5.41, 5.74) is 0.853. The summed E-state index contributed by atoms with van der Waals surface area (Å²) in [6.07, 6.45) is 1.86. The van der Waals surface area contributed by atoms with Crippen LogP contribution in [-0.4, -0.2) is 53.7 Å². The van der Waals surface area contributed by atoms with Crippen molar-refractivity contribution in [3.63, 3.8) is 0 Å². The number of nitrogens with one attached hydrogen (secondary N) is 1. The molecule has 24 heavy (non-hydrogen) atoms. The van der Waals surface area contributed by atoms with E-state index in [4.69, 9.17) is 9.47 Å². The largest absolute Gasteiger partial charge is 0.454 e. The van der Waals surface area contributed by atoms with Crippen LogP contribution in [-0.2, 0) is 11.3 Å². The second-order valence-corrected chi connectivity index (χ2v) is 6.32. The van der Waals surface area contributed by atoms with E-state index in [1.54, 1.807) is 0 Å². The summed E-state index contributed by atoms with van der Waals surface area (Å²) < 4.78 is 10.7. The van der Waals surface area contributed by atoms with Crippen LogP contribution in [0.15, 0.2) is 18.2 Å². The van der Waals surface area contributed by atoms with Gasteiger partial charge >= 0.3 is 6.03 Å². The highest BCUT2D eigenvalue weighted by molar-refractivity contribution is 6.00. The van der Waals surface area contributed by atoms with Crippen molar-refractivity contribution in [3.8, 4) is 11.5 Å². The first-order valence-corrected chi connectivity index (χ1v) is 8.43. The summed E-state index contributed by atoms with van der Waals surface area (Å²) in [5.74, 6) is 1.22. The number of amides is 3. The van der Waals surface area contributed by atoms with Gasteiger partial charge in [-0.3, -0.25) is 9.69 Å². The molecular formula is C17H21N3O4. The zero-order valence-corrected chi connectivity index (χ0v) is 13.7. The molecule has 4 rings (SSSR count). The second-order valence-electron chi connectivity index (χ2n) is 6.32. The van der Waals surface area contributed by atoms with Gasteiger partial charge in [0, 0.05) is 6.54 Å². The number of nitrogens with zero attached hydrogens (tertiary/aromatic N) is 2. The molecule has 1 N–H and O–H groups in total. The molecule has 2 saturated heterocycles. The molecule has 3 aliphatic heterocycles. The molecule has 0 saturated carbocycles. The van der Waals surface area contributed by atoms with Crippen LogP contribution < -0.4 is 14.8 Å². The summed E-state index contributed by atoms with van der Waals surface area (Å²) in [4.78, 5) is 28.8. The number of carbonyl (C=O) groups is 2. The number of fused-ring (bicyclic) bond motifs is 2. The Morgan fingerprint density at radius 1 is 1.25 bits per heavy atom. The smallest absolute Gasteiger partial charge is 0.327 e. The van der Waals surface area contributed by atoms with Crippen LogP contribution in [0.4, 0.5) is 4.79 Å². The number of piperidine rings is 1. The minimum absolute atomic E-state index is 0.0308. The van der Waals surface area contributed by atoms with E-state index in [9.17, 15) is 9.59 Å². The molecule has 2 fully saturated rings. The Balaban J connectivity index is 1.59. The molecule has 0 bridgehead atoms. The summed E-state index contributed by atoms with van der Waals surface area (Å²) in [6, 6.07) is 4.98. The summed E-state index contributed by atoms with van der Waals surface area (Å²) in [6.45, 7) is 3.83. The highest BCUT2D eigenvalue weighted by atomic mass is 16.7. The van der Waals surface area contributed by atoms with E-state index >= 15 is 0 Å². The van der Waals surface area contributed by atoms with Crippen molar-refractivity contribution >= 4 is 11.9 Å². The fraction of sp³-hybridized carbons (Fsp3) is 0.529. The van der Waals surface area contributed by atoms with Crippen LogP contribution in [0.5, 0.6) is 11.5 Å². The Kier molecular flexibility index (Phi) is 3.80. The first-order valence-electron chi connectivity index (χ1n) is 8.43. The lowest BCUT2D eigenvalue weighted by atomic mass is 9.93. The van der Waals surface area contributed by atoms with E-state index in [0.29, 0.717) is 18.0 Å². The van der Waals surface area contributed by atoms with Gasteiger partial charge in [0.05, 0.1) is 12.6 Å². The molecule has 7 nitrogen and oxygen atoms in total. The molecule has 3 heterocycles. The fourth-order valence-corrected chi connectivity index (χ4v) is 3.76. The van der Waals surface area contributed by atoms with Gasteiger partial charge in [-0.15, -0.1) is 0 Å². The molecule has 2 atom stereocenters. The Morgan fingerprint density at radius 3 is 2.92 bits per heavy atom. The van der Waals surface area contributed by atoms with Crippen LogP contribution in [0.3, 0.4) is 0 Å². The Hall–Kier alpha value is -2.28. The topological polar surface area (TPSA) is 71.1 Å². The molecule has 1 aromatic rings. The number of ether oxygens (including phenoxy) is 2. The normalized spacial score (nSPS) is 25.9. The van der Waals surface area contributed by atoms with E-state index in [-0.39, 0.29) is 37.4 Å². The zero-order chi connectivity index (χ0) is 16.7. The van der Waals surface area contributed by atoms with Gasteiger partial charge in [0.25, 0.3) is 0 Å². The van der Waals surface area contributed by atoms with Crippen molar-refractivity contribution in [3.05, 3.63) is 23.8 Å². The molecular weight excluding hydrogens is 310 g/mol. The first-order chi connectivity index (χ1) is 11.7. The Labute approximate surface area is 140 Å². The summed E-state index contributed by atoms with van der Waals surface area (Å²) in [7, 11) is 0. The zero-order valence-electron chi connectivity index (χ0n) is 13.7. The lowest BCUT2D eigenvalue weighted by molar-refractivity contribution is -0.137. The van der Waals surface area contributed by atoms with Gasteiger partial charge in [-0.25, -0.2) is 4.79 Å². The number of carbonyl (C=O) groups excluding carboxylic acids is 2. The lowest BCUT2D eigenvalue weighted by Crippen LogP contribution is -2.69. The Bertz CT molecular complexity index is 660. The predicted octanol–water partition coefficient (Wildman–Crippen LogP) is 1.32. The molecule has 0 aliphatic carbocycles. The van der Waals surface area contributed by atoms with Crippen LogP contribution in [0.25, 0.3) is 0 Å². The molecule has 128 valence electrons. The number of imide groups is 1. The van der Waals surface area contributed by atoms with Crippen molar-refractivity contribution in [2.45, 2.75) is 38.4 Å². The highest BCUT2D eigenvalue weighted by Crippen LogP contribution is 2.33. The lowest BCUT2D eigenvalue weighted by Gasteiger charge is -2.46. The first kappa shape index (κ1) is 15.3. The third-order valence-electron chi connectivity index (χ3n) is 4.95. The fourth-order valence-electron chi connectivity index (χ4n) is 3.76. The maximum atomic E-state index is 12.8. The number of rotatable bonds is 3. The molecule has 7 heteroatoms. The standard InChI is InChI=1S/C17H21N3O4/c1-2-19-12-4-3-7-18-15(12)16(21)20(17(19)22)9-11-5-6-13-14(8-11)24-10-23-13/h5-6,8,12,15,18H,2-4,7,9-10H2,1H3. The SMILES string of the molecule is CCN1C(=O)N(Cc2ccc3c(c2)OCO3)C(=O)C2NCCCC21. The molecule has 3 aliphatic rings. The molecule has 1 aromatic carbocycles. The maximum absolute atomic E-state index is 12.8. The van der Waals surface area contributed by atoms with E-state index in [2.05, 4.69) is 5.32 Å². The van der Waals surface area contributed by atoms with Crippen molar-refractivity contribution < 1.29 is 19.1 Å². The van der Waals surface area contributed by atoms with Crippen molar-refractivity contribution in [1.29, 1.82) is 0 Å². The van der Waals surface area contributed by atoms with E-state index in [0.717, 1.165) is 24.9 Å². The van der Waals surface area contributed by atoms with Crippen molar-refractivity contribution in [1.82, 2.24) is 15.1 Å². The van der Waals surface area contributed by atoms with Gasteiger partial charge in [-0.1, -0.05) is 6.07 Å². The van der Waals surface area contributed by atoms with Crippen molar-refractivity contribution in [2.24, 2.45) is 0 Å². The predicted molar refractivity (Wildman–Crippen MR) is 85.7 cm³/mol. The molecule has 3 amide bonds. The van der Waals surface area contributed by atoms with Crippen LogP contribution in [0, 0.1) is 0 Å². The molecule has 2 unspecified atom stereocenters. The van der Waals surface area contributed by atoms with Crippen LogP contribution in [0.1, 0.15) is 25.3 Å². The minimum atomic E-state index is -0.301. The van der Waals surface area contributed by atoms with Gasteiger partial charge in [-0.2, -0.15) is 0 Å². The van der Waals surface area contributed by atoms with Gasteiger partial charge in [0.15, 0.2) is 11.5 Å². The van der Waals surface area contributed by atoms with Gasteiger partial charge in [-0.05, 0) is 44.0 Å². The number of hydrogen-bond donors (Lipinski definition) is 1. The number of likely N-dealkylation sites (N-methyl/N-ethyl adjacent to an activating group) is 1. The third-order valence-corrected chi connectivity index (χ3v) is 4.95. The number of urea groups is 1. The minimum Gasteiger partial charge on any atom is -0.454 e. The number of hydrogen-bond acceptors (Lipinski definition) is 5. The number of benzene rings is 1. The monoisotopic (exact) mass is 331 g/mol. The van der Waals surface area contributed by atoms with Crippen LogP contribution in [0.2, 0.25) is 0 Å². The maximum Gasteiger partial charge on any atom is 0.327 e. The van der Waals surface area contributed by atoms with Gasteiger partial charge in [0.2, 0.25) is 12.7 Å². The van der Waals surface area contributed by atoms with E-state index < -0.39 is 0 Å². The summed E-state index contributed by atoms with van der Waals surface area (Å²) >= 11 is 0. The average molecular weight is 331 g/mol. The molecule has 0 aromatic heterocycles. The van der Waals surface area contributed by atoms with Crippen molar-refractivity contribution in [2.75, 3.05) is 19.9 Å². The quantitative estimate of drug-likeness (QED) is 0.904. The van der Waals surface area contributed by atoms with Gasteiger partial charge in [0.1, 0.15) is 6.04 Å². The van der Waals surface area contributed by atoms with Crippen LogP contribution >= 0.6 is 0 Å². The summed E-state index contributed by atoms with van der Waals surface area (Å²) in [5, 5.41) is 3.28. The highest BCUT2D eigenvalue weighted by Gasteiger charge is 2.46.